The first kappa shape index (κ1) is 14.5. The van der Waals surface area contributed by atoms with Gasteiger partial charge in [-0.3, -0.25) is 4.79 Å². The van der Waals surface area contributed by atoms with Crippen molar-refractivity contribution in [2.75, 3.05) is 26.4 Å². The number of aliphatic hydroxyl groups is 1. The van der Waals surface area contributed by atoms with E-state index in [1.165, 1.54) is 6.07 Å². The number of carboxylic acid groups (broad SMARTS) is 1. The van der Waals surface area contributed by atoms with E-state index in [2.05, 4.69) is 0 Å². The van der Waals surface area contributed by atoms with Crippen molar-refractivity contribution in [3.05, 3.63) is 35.4 Å². The van der Waals surface area contributed by atoms with Crippen LogP contribution in [-0.2, 0) is 16.0 Å². The highest BCUT2D eigenvalue weighted by Gasteiger charge is 2.27. The highest BCUT2D eigenvalue weighted by atomic mass is 16.5. The van der Waals surface area contributed by atoms with E-state index < -0.39 is 5.97 Å². The predicted molar refractivity (Wildman–Crippen MR) is 70.5 cm³/mol. The van der Waals surface area contributed by atoms with Gasteiger partial charge in [0.1, 0.15) is 0 Å². The lowest BCUT2D eigenvalue weighted by molar-refractivity contribution is -0.140. The van der Waals surface area contributed by atoms with E-state index in [0.29, 0.717) is 25.3 Å². The van der Waals surface area contributed by atoms with Crippen LogP contribution in [0.1, 0.15) is 15.9 Å². The van der Waals surface area contributed by atoms with Gasteiger partial charge < -0.3 is 19.8 Å². The van der Waals surface area contributed by atoms with Gasteiger partial charge in [0.05, 0.1) is 37.8 Å². The summed E-state index contributed by atoms with van der Waals surface area (Å²) in [7, 11) is 0. The van der Waals surface area contributed by atoms with Crippen LogP contribution < -0.4 is 0 Å². The molecule has 20 heavy (non-hydrogen) atoms. The molecule has 1 unspecified atom stereocenters. The fraction of sp³-hybridized carbons (Fsp3) is 0.429. The molecule has 1 aromatic rings. The summed E-state index contributed by atoms with van der Waals surface area (Å²) in [4.78, 5) is 25.0. The number of morpholine rings is 1. The Bertz CT molecular complexity index is 502. The fourth-order valence-electron chi connectivity index (χ4n) is 2.28. The summed E-state index contributed by atoms with van der Waals surface area (Å²) in [6.07, 6.45) is 0.0129. The van der Waals surface area contributed by atoms with Crippen molar-refractivity contribution in [3.8, 4) is 0 Å². The summed E-state index contributed by atoms with van der Waals surface area (Å²) >= 11 is 0. The molecule has 0 aliphatic carbocycles. The molecule has 1 saturated heterocycles. The molecule has 1 fully saturated rings. The molecule has 2 rings (SSSR count). The molecule has 1 heterocycles. The summed E-state index contributed by atoms with van der Waals surface area (Å²) in [5, 5.41) is 18.4. The standard InChI is InChI=1S/C14H17NO5/c16-8-11-9-20-6-5-15(11)13(17)7-10-3-1-2-4-12(10)14(18)19/h1-4,11,16H,5-9H2,(H,18,19). The van der Waals surface area contributed by atoms with Crippen molar-refractivity contribution in [1.82, 2.24) is 4.90 Å². The Morgan fingerprint density at radius 2 is 2.10 bits per heavy atom. The zero-order valence-electron chi connectivity index (χ0n) is 11.0. The molecule has 0 bridgehead atoms. The Balaban J connectivity index is 2.13. The Kier molecular flexibility index (Phi) is 4.70. The topological polar surface area (TPSA) is 87.1 Å². The second-order valence-electron chi connectivity index (χ2n) is 4.64. The fourth-order valence-corrected chi connectivity index (χ4v) is 2.28. The zero-order valence-corrected chi connectivity index (χ0v) is 11.0. The number of hydrogen-bond acceptors (Lipinski definition) is 4. The van der Waals surface area contributed by atoms with Crippen LogP contribution in [0.25, 0.3) is 0 Å². The third-order valence-electron chi connectivity index (χ3n) is 3.35. The van der Waals surface area contributed by atoms with Gasteiger partial charge in [-0.1, -0.05) is 18.2 Å². The van der Waals surface area contributed by atoms with E-state index >= 15 is 0 Å². The maximum absolute atomic E-state index is 12.3. The average molecular weight is 279 g/mol. The Labute approximate surface area is 116 Å². The van der Waals surface area contributed by atoms with Gasteiger partial charge in [0.15, 0.2) is 0 Å². The van der Waals surface area contributed by atoms with Gasteiger partial charge >= 0.3 is 5.97 Å². The van der Waals surface area contributed by atoms with Crippen molar-refractivity contribution in [3.63, 3.8) is 0 Å². The number of carboxylic acids is 1. The molecule has 108 valence electrons. The normalized spacial score (nSPS) is 18.9. The molecule has 1 atom stereocenters. The van der Waals surface area contributed by atoms with E-state index in [-0.39, 0.29) is 30.5 Å². The number of ether oxygens (including phenoxy) is 1. The molecule has 0 saturated carbocycles. The third-order valence-corrected chi connectivity index (χ3v) is 3.35. The van der Waals surface area contributed by atoms with Gasteiger partial charge in [-0.15, -0.1) is 0 Å². The number of carbonyl (C=O) groups excluding carboxylic acids is 1. The van der Waals surface area contributed by atoms with Gasteiger partial charge in [-0.25, -0.2) is 4.79 Å². The molecule has 1 aliphatic rings. The largest absolute Gasteiger partial charge is 0.478 e. The lowest BCUT2D eigenvalue weighted by atomic mass is 10.0. The second-order valence-corrected chi connectivity index (χ2v) is 4.64. The van der Waals surface area contributed by atoms with Gasteiger partial charge in [0.25, 0.3) is 0 Å². The first-order chi connectivity index (χ1) is 9.63. The minimum absolute atomic E-state index is 0.0129. The zero-order chi connectivity index (χ0) is 14.5. The predicted octanol–water partition coefficient (Wildman–Crippen LogP) is 0.147. The van der Waals surface area contributed by atoms with Crippen molar-refractivity contribution in [2.45, 2.75) is 12.5 Å². The highest BCUT2D eigenvalue weighted by Crippen LogP contribution is 2.14. The average Bonchev–Trinajstić information content (AvgIpc) is 2.47. The first-order valence-electron chi connectivity index (χ1n) is 6.42. The molecule has 0 aromatic heterocycles. The van der Waals surface area contributed by atoms with Gasteiger partial charge in [0, 0.05) is 6.54 Å². The van der Waals surface area contributed by atoms with Crippen LogP contribution in [0.2, 0.25) is 0 Å². The maximum Gasteiger partial charge on any atom is 0.335 e. The maximum atomic E-state index is 12.3. The van der Waals surface area contributed by atoms with E-state index in [9.17, 15) is 14.7 Å². The van der Waals surface area contributed by atoms with Crippen LogP contribution in [-0.4, -0.2) is 59.4 Å². The monoisotopic (exact) mass is 279 g/mol. The number of rotatable bonds is 4. The number of carbonyl (C=O) groups is 2. The number of aliphatic hydroxyl groups excluding tert-OH is 1. The lowest BCUT2D eigenvalue weighted by Crippen LogP contribution is -2.51. The number of hydrogen-bond donors (Lipinski definition) is 2. The Morgan fingerprint density at radius 3 is 2.80 bits per heavy atom. The Hall–Kier alpha value is -1.92. The summed E-state index contributed by atoms with van der Waals surface area (Å²) < 4.78 is 5.22. The van der Waals surface area contributed by atoms with Crippen molar-refractivity contribution < 1.29 is 24.5 Å². The Morgan fingerprint density at radius 1 is 1.35 bits per heavy atom. The molecular formula is C14H17NO5. The molecule has 0 radical (unpaired) electrons. The van der Waals surface area contributed by atoms with Crippen LogP contribution in [0, 0.1) is 0 Å². The molecule has 1 aromatic carbocycles. The second kappa shape index (κ2) is 6.49. The minimum Gasteiger partial charge on any atom is -0.478 e. The molecule has 1 aliphatic heterocycles. The molecule has 1 amide bonds. The lowest BCUT2D eigenvalue weighted by Gasteiger charge is -2.34. The molecule has 6 nitrogen and oxygen atoms in total. The molecule has 0 spiro atoms. The summed E-state index contributed by atoms with van der Waals surface area (Å²) in [5.41, 5.74) is 0.614. The summed E-state index contributed by atoms with van der Waals surface area (Å²) in [5.74, 6) is -1.24. The van der Waals surface area contributed by atoms with Crippen LogP contribution in [0.4, 0.5) is 0 Å². The van der Waals surface area contributed by atoms with Crippen molar-refractivity contribution >= 4 is 11.9 Å². The van der Waals surface area contributed by atoms with E-state index in [4.69, 9.17) is 9.84 Å². The highest BCUT2D eigenvalue weighted by molar-refractivity contribution is 5.91. The van der Waals surface area contributed by atoms with Crippen molar-refractivity contribution in [2.24, 2.45) is 0 Å². The first-order valence-corrected chi connectivity index (χ1v) is 6.42. The van der Waals surface area contributed by atoms with Crippen LogP contribution in [0.3, 0.4) is 0 Å². The van der Waals surface area contributed by atoms with Gasteiger partial charge in [-0.2, -0.15) is 0 Å². The smallest absolute Gasteiger partial charge is 0.335 e. The quantitative estimate of drug-likeness (QED) is 0.819. The number of nitrogens with zero attached hydrogens (tertiary/aromatic N) is 1. The van der Waals surface area contributed by atoms with E-state index in [1.807, 2.05) is 0 Å². The minimum atomic E-state index is -1.05. The van der Waals surface area contributed by atoms with Gasteiger partial charge in [-0.05, 0) is 11.6 Å². The third kappa shape index (κ3) is 3.15. The summed E-state index contributed by atoms with van der Waals surface area (Å²) in [6, 6.07) is 6.10. The number of amides is 1. The number of aromatic carboxylic acids is 1. The van der Waals surface area contributed by atoms with E-state index in [1.54, 1.807) is 23.1 Å². The number of benzene rings is 1. The van der Waals surface area contributed by atoms with Crippen molar-refractivity contribution in [1.29, 1.82) is 0 Å². The van der Waals surface area contributed by atoms with Crippen LogP contribution in [0.5, 0.6) is 0 Å². The molecule has 2 N–H and O–H groups in total. The molecular weight excluding hydrogens is 262 g/mol. The van der Waals surface area contributed by atoms with Crippen LogP contribution >= 0.6 is 0 Å². The van der Waals surface area contributed by atoms with E-state index in [0.717, 1.165) is 0 Å². The molecule has 6 heteroatoms. The summed E-state index contributed by atoms with van der Waals surface area (Å²) in [6.45, 7) is 0.997. The SMILES string of the molecule is O=C(O)c1ccccc1CC(=O)N1CCOCC1CO. The van der Waals surface area contributed by atoms with Gasteiger partial charge in [0.2, 0.25) is 5.91 Å². The van der Waals surface area contributed by atoms with Crippen LogP contribution in [0.15, 0.2) is 24.3 Å².